The highest BCUT2D eigenvalue weighted by Gasteiger charge is 2.21. The van der Waals surface area contributed by atoms with Crippen LogP contribution in [0.2, 0.25) is 0 Å². The Balaban J connectivity index is 1.38. The summed E-state index contributed by atoms with van der Waals surface area (Å²) >= 11 is 0. The van der Waals surface area contributed by atoms with Crippen LogP contribution in [-0.4, -0.2) is 40.1 Å². The maximum atomic E-state index is 12.2. The Kier molecular flexibility index (Phi) is 4.45. The van der Waals surface area contributed by atoms with E-state index in [0.717, 1.165) is 23.2 Å². The Morgan fingerprint density at radius 1 is 1.37 bits per heavy atom. The van der Waals surface area contributed by atoms with Crippen LogP contribution in [0.5, 0.6) is 5.75 Å². The molecule has 138 valence electrons. The smallest absolute Gasteiger partial charge is 0.262 e. The third kappa shape index (κ3) is 3.59. The van der Waals surface area contributed by atoms with Gasteiger partial charge in [-0.2, -0.15) is 5.10 Å². The lowest BCUT2D eigenvalue weighted by atomic mass is 10.2. The highest BCUT2D eigenvalue weighted by molar-refractivity contribution is 5.96. The SMILES string of the molecule is Cc1[nH]nc2ncc(NC(=O)COc3cccc(N4CCCC4=O)c3)cc12. The van der Waals surface area contributed by atoms with Gasteiger partial charge in [0, 0.05) is 35.8 Å². The molecule has 0 radical (unpaired) electrons. The quantitative estimate of drug-likeness (QED) is 0.723. The number of amides is 2. The Morgan fingerprint density at radius 2 is 2.26 bits per heavy atom. The van der Waals surface area contributed by atoms with E-state index in [1.807, 2.05) is 25.1 Å². The largest absolute Gasteiger partial charge is 0.484 e. The third-order valence-corrected chi connectivity index (χ3v) is 4.46. The van der Waals surface area contributed by atoms with Gasteiger partial charge in [-0.15, -0.1) is 0 Å². The fraction of sp³-hybridized carbons (Fsp3) is 0.263. The second kappa shape index (κ2) is 7.06. The average Bonchev–Trinajstić information content (AvgIpc) is 3.26. The van der Waals surface area contributed by atoms with Gasteiger partial charge >= 0.3 is 0 Å². The number of pyridine rings is 1. The van der Waals surface area contributed by atoms with Crippen molar-refractivity contribution in [1.29, 1.82) is 0 Å². The first-order valence-electron chi connectivity index (χ1n) is 8.74. The number of carbonyl (C=O) groups is 2. The zero-order valence-electron chi connectivity index (χ0n) is 14.9. The predicted octanol–water partition coefficient (Wildman–Crippen LogP) is 2.41. The highest BCUT2D eigenvalue weighted by atomic mass is 16.5. The van der Waals surface area contributed by atoms with E-state index in [1.165, 1.54) is 0 Å². The molecule has 1 aromatic carbocycles. The summed E-state index contributed by atoms with van der Waals surface area (Å²) in [5, 5.41) is 10.5. The monoisotopic (exact) mass is 365 g/mol. The van der Waals surface area contributed by atoms with Gasteiger partial charge < -0.3 is 15.0 Å². The van der Waals surface area contributed by atoms with E-state index in [2.05, 4.69) is 20.5 Å². The Morgan fingerprint density at radius 3 is 3.07 bits per heavy atom. The molecule has 0 saturated carbocycles. The summed E-state index contributed by atoms with van der Waals surface area (Å²) in [4.78, 5) is 30.0. The first-order chi connectivity index (χ1) is 13.1. The van der Waals surface area contributed by atoms with Gasteiger partial charge in [0.05, 0.1) is 11.9 Å². The molecule has 2 N–H and O–H groups in total. The van der Waals surface area contributed by atoms with Crippen LogP contribution < -0.4 is 15.0 Å². The molecule has 8 nitrogen and oxygen atoms in total. The molecule has 1 aliphatic heterocycles. The number of nitrogens with zero attached hydrogens (tertiary/aromatic N) is 3. The molecule has 2 aromatic heterocycles. The number of aryl methyl sites for hydroxylation is 1. The summed E-state index contributed by atoms with van der Waals surface area (Å²) < 4.78 is 5.58. The number of carbonyl (C=O) groups excluding carboxylic acids is 2. The summed E-state index contributed by atoms with van der Waals surface area (Å²) in [6.45, 7) is 2.47. The number of H-pyrrole nitrogens is 1. The lowest BCUT2D eigenvalue weighted by Crippen LogP contribution is -2.24. The van der Waals surface area contributed by atoms with Gasteiger partial charge in [-0.05, 0) is 31.5 Å². The minimum atomic E-state index is -0.292. The van der Waals surface area contributed by atoms with Gasteiger partial charge in [0.2, 0.25) is 5.91 Å². The standard InChI is InChI=1S/C19H19N5O3/c1-12-16-8-13(10-20-19(16)23-22-12)21-17(25)11-27-15-5-2-4-14(9-15)24-7-3-6-18(24)26/h2,4-5,8-10H,3,6-7,11H2,1H3,(H,21,25)(H,20,22,23). The lowest BCUT2D eigenvalue weighted by Gasteiger charge is -2.16. The van der Waals surface area contributed by atoms with Crippen LogP contribution in [0.4, 0.5) is 11.4 Å². The Hall–Kier alpha value is -3.42. The molecule has 0 bridgehead atoms. The molecule has 0 aliphatic carbocycles. The van der Waals surface area contributed by atoms with E-state index in [4.69, 9.17) is 4.74 Å². The van der Waals surface area contributed by atoms with Crippen LogP contribution in [0.15, 0.2) is 36.5 Å². The Bertz CT molecular complexity index is 1010. The summed E-state index contributed by atoms with van der Waals surface area (Å²) in [6, 6.07) is 9.04. The van der Waals surface area contributed by atoms with Gasteiger partial charge in [0.25, 0.3) is 5.91 Å². The highest BCUT2D eigenvalue weighted by Crippen LogP contribution is 2.25. The van der Waals surface area contributed by atoms with Crippen LogP contribution in [0.3, 0.4) is 0 Å². The molecule has 4 rings (SSSR count). The first-order valence-corrected chi connectivity index (χ1v) is 8.74. The van der Waals surface area contributed by atoms with E-state index >= 15 is 0 Å². The second-order valence-electron chi connectivity index (χ2n) is 6.43. The van der Waals surface area contributed by atoms with E-state index in [1.54, 1.807) is 23.2 Å². The molecule has 2 amide bonds. The third-order valence-electron chi connectivity index (χ3n) is 4.46. The number of fused-ring (bicyclic) bond motifs is 1. The molecule has 8 heteroatoms. The van der Waals surface area contributed by atoms with Crippen LogP contribution in [0, 0.1) is 6.92 Å². The van der Waals surface area contributed by atoms with Crippen molar-refractivity contribution >= 4 is 34.2 Å². The van der Waals surface area contributed by atoms with Crippen molar-refractivity contribution < 1.29 is 14.3 Å². The summed E-state index contributed by atoms with van der Waals surface area (Å²) in [5.41, 5.74) is 2.87. The maximum Gasteiger partial charge on any atom is 0.262 e. The van der Waals surface area contributed by atoms with Gasteiger partial charge in [0.1, 0.15) is 5.75 Å². The molecular weight excluding hydrogens is 346 g/mol. The average molecular weight is 365 g/mol. The molecule has 3 aromatic rings. The molecule has 3 heterocycles. The number of hydrogen-bond acceptors (Lipinski definition) is 5. The van der Waals surface area contributed by atoms with Crippen molar-refractivity contribution in [3.63, 3.8) is 0 Å². The fourth-order valence-corrected chi connectivity index (χ4v) is 3.10. The van der Waals surface area contributed by atoms with Crippen molar-refractivity contribution in [1.82, 2.24) is 15.2 Å². The zero-order chi connectivity index (χ0) is 18.8. The van der Waals surface area contributed by atoms with Gasteiger partial charge in [-0.1, -0.05) is 6.07 Å². The number of ether oxygens (including phenoxy) is 1. The van der Waals surface area contributed by atoms with Crippen molar-refractivity contribution in [2.24, 2.45) is 0 Å². The van der Waals surface area contributed by atoms with Crippen molar-refractivity contribution in [3.05, 3.63) is 42.2 Å². The molecule has 27 heavy (non-hydrogen) atoms. The summed E-state index contributed by atoms with van der Waals surface area (Å²) in [7, 11) is 0. The van der Waals surface area contributed by atoms with Gasteiger partial charge in [-0.3, -0.25) is 14.7 Å². The molecule has 0 spiro atoms. The number of aromatic amines is 1. The van der Waals surface area contributed by atoms with Crippen LogP contribution in [0.25, 0.3) is 11.0 Å². The van der Waals surface area contributed by atoms with E-state index in [0.29, 0.717) is 30.0 Å². The first kappa shape index (κ1) is 17.0. The van der Waals surface area contributed by atoms with Crippen LogP contribution in [0.1, 0.15) is 18.5 Å². The fourth-order valence-electron chi connectivity index (χ4n) is 3.10. The minimum Gasteiger partial charge on any atom is -0.484 e. The van der Waals surface area contributed by atoms with Crippen LogP contribution in [-0.2, 0) is 9.59 Å². The molecule has 1 fully saturated rings. The molecular formula is C19H19N5O3. The van der Waals surface area contributed by atoms with E-state index < -0.39 is 0 Å². The van der Waals surface area contributed by atoms with Gasteiger partial charge in [0.15, 0.2) is 12.3 Å². The number of aromatic nitrogens is 3. The van der Waals surface area contributed by atoms with Crippen molar-refractivity contribution in [2.75, 3.05) is 23.4 Å². The summed E-state index contributed by atoms with van der Waals surface area (Å²) in [5.74, 6) is 0.365. The number of hydrogen-bond donors (Lipinski definition) is 2. The number of benzene rings is 1. The number of anilines is 2. The van der Waals surface area contributed by atoms with Crippen LogP contribution >= 0.6 is 0 Å². The topological polar surface area (TPSA) is 100 Å². The minimum absolute atomic E-state index is 0.113. The molecule has 0 atom stereocenters. The van der Waals surface area contributed by atoms with Crippen molar-refractivity contribution in [2.45, 2.75) is 19.8 Å². The molecule has 0 unspecified atom stereocenters. The molecule has 1 aliphatic rings. The predicted molar refractivity (Wildman–Crippen MR) is 101 cm³/mol. The summed E-state index contributed by atoms with van der Waals surface area (Å²) in [6.07, 6.45) is 2.99. The van der Waals surface area contributed by atoms with E-state index in [9.17, 15) is 9.59 Å². The number of rotatable bonds is 5. The zero-order valence-corrected chi connectivity index (χ0v) is 14.9. The lowest BCUT2D eigenvalue weighted by molar-refractivity contribution is -0.118. The normalized spacial score (nSPS) is 14.0. The van der Waals surface area contributed by atoms with E-state index in [-0.39, 0.29) is 18.4 Å². The second-order valence-corrected chi connectivity index (χ2v) is 6.43. The van der Waals surface area contributed by atoms with Gasteiger partial charge in [-0.25, -0.2) is 4.98 Å². The number of nitrogens with one attached hydrogen (secondary N) is 2. The molecule has 1 saturated heterocycles. The van der Waals surface area contributed by atoms with Crippen molar-refractivity contribution in [3.8, 4) is 5.75 Å². The Labute approximate surface area is 155 Å². The maximum absolute atomic E-state index is 12.2.